The van der Waals surface area contributed by atoms with Crippen molar-refractivity contribution < 1.29 is 9.66 Å². The van der Waals surface area contributed by atoms with E-state index in [4.69, 9.17) is 4.74 Å². The molecule has 1 N–H and O–H groups in total. The van der Waals surface area contributed by atoms with Gasteiger partial charge in [-0.05, 0) is 24.5 Å². The fourth-order valence-electron chi connectivity index (χ4n) is 1.84. The summed E-state index contributed by atoms with van der Waals surface area (Å²) in [5.74, 6) is 1.20. The molecule has 0 amide bonds. The Kier molecular flexibility index (Phi) is 6.12. The quantitative estimate of drug-likeness (QED) is 0.441. The summed E-state index contributed by atoms with van der Waals surface area (Å²) in [7, 11) is 1.50. The molecule has 106 valence electrons. The number of ether oxygens (including phenoxy) is 1. The maximum absolute atomic E-state index is 11.0. The molecule has 0 aliphatic heterocycles. The highest BCUT2D eigenvalue weighted by Gasteiger charge is 2.14. The van der Waals surface area contributed by atoms with Crippen molar-refractivity contribution in [3.8, 4) is 5.75 Å². The molecule has 5 heteroatoms. The predicted octanol–water partition coefficient (Wildman–Crippen LogP) is 3.84. The van der Waals surface area contributed by atoms with Gasteiger partial charge in [0.1, 0.15) is 11.4 Å². The highest BCUT2D eigenvalue weighted by Crippen LogP contribution is 2.28. The summed E-state index contributed by atoms with van der Waals surface area (Å²) in [6, 6.07) is 4.86. The first kappa shape index (κ1) is 15.3. The maximum Gasteiger partial charge on any atom is 0.296 e. The number of unbranched alkanes of at least 4 members (excludes halogenated alkanes) is 1. The average molecular weight is 266 g/mol. The topological polar surface area (TPSA) is 64.4 Å². The molecule has 0 bridgehead atoms. The molecular formula is C14H22N2O3. The van der Waals surface area contributed by atoms with E-state index in [1.54, 1.807) is 12.1 Å². The van der Waals surface area contributed by atoms with Gasteiger partial charge in [-0.2, -0.15) is 0 Å². The Bertz CT molecular complexity index is 419. The number of hydrogen-bond acceptors (Lipinski definition) is 4. The number of methoxy groups -OCH3 is 1. The highest BCUT2D eigenvalue weighted by molar-refractivity contribution is 5.63. The van der Waals surface area contributed by atoms with Crippen LogP contribution in [0.15, 0.2) is 18.2 Å². The Morgan fingerprint density at radius 3 is 2.68 bits per heavy atom. The van der Waals surface area contributed by atoms with Gasteiger partial charge in [0.2, 0.25) is 0 Å². The number of hydrogen-bond donors (Lipinski definition) is 1. The number of benzene rings is 1. The lowest BCUT2D eigenvalue weighted by atomic mass is 10.1. The number of anilines is 1. The van der Waals surface area contributed by atoms with Crippen LogP contribution >= 0.6 is 0 Å². The van der Waals surface area contributed by atoms with Gasteiger partial charge < -0.3 is 10.1 Å². The summed E-state index contributed by atoms with van der Waals surface area (Å²) in [6.45, 7) is 5.14. The van der Waals surface area contributed by atoms with Crippen molar-refractivity contribution in [1.29, 1.82) is 0 Å². The molecule has 0 saturated heterocycles. The molecule has 0 aromatic heterocycles. The smallest absolute Gasteiger partial charge is 0.296 e. The van der Waals surface area contributed by atoms with Crippen molar-refractivity contribution in [2.45, 2.75) is 33.1 Å². The van der Waals surface area contributed by atoms with Crippen LogP contribution in [-0.4, -0.2) is 18.6 Å². The molecule has 0 heterocycles. The van der Waals surface area contributed by atoms with Crippen LogP contribution in [0.4, 0.5) is 11.4 Å². The molecule has 19 heavy (non-hydrogen) atoms. The van der Waals surface area contributed by atoms with Gasteiger partial charge in [0.05, 0.1) is 18.1 Å². The summed E-state index contributed by atoms with van der Waals surface area (Å²) in [5, 5.41) is 14.1. The lowest BCUT2D eigenvalue weighted by molar-refractivity contribution is -0.384. The van der Waals surface area contributed by atoms with E-state index in [1.807, 2.05) is 0 Å². The zero-order chi connectivity index (χ0) is 14.3. The van der Waals surface area contributed by atoms with Gasteiger partial charge in [0, 0.05) is 6.54 Å². The third kappa shape index (κ3) is 5.16. The molecule has 1 aromatic carbocycles. The molecule has 1 rings (SSSR count). The first-order valence-corrected chi connectivity index (χ1v) is 6.61. The van der Waals surface area contributed by atoms with Gasteiger partial charge in [0.25, 0.3) is 5.69 Å². The lowest BCUT2D eigenvalue weighted by Gasteiger charge is -2.09. The largest absolute Gasteiger partial charge is 0.496 e. The second-order valence-corrected chi connectivity index (χ2v) is 4.96. The third-order valence-corrected chi connectivity index (χ3v) is 2.93. The fraction of sp³-hybridized carbons (Fsp3) is 0.571. The Morgan fingerprint density at radius 1 is 1.37 bits per heavy atom. The van der Waals surface area contributed by atoms with Crippen molar-refractivity contribution >= 4 is 11.4 Å². The zero-order valence-corrected chi connectivity index (χ0v) is 11.8. The van der Waals surface area contributed by atoms with E-state index < -0.39 is 0 Å². The maximum atomic E-state index is 11.0. The third-order valence-electron chi connectivity index (χ3n) is 2.93. The second-order valence-electron chi connectivity index (χ2n) is 4.96. The van der Waals surface area contributed by atoms with E-state index in [0.29, 0.717) is 17.4 Å². The second kappa shape index (κ2) is 7.61. The van der Waals surface area contributed by atoms with E-state index >= 15 is 0 Å². The number of nitrogens with one attached hydrogen (secondary N) is 1. The number of nitrogens with zero attached hydrogens (tertiary/aromatic N) is 1. The van der Waals surface area contributed by atoms with Crippen molar-refractivity contribution in [2.24, 2.45) is 5.92 Å². The minimum absolute atomic E-state index is 0.0585. The van der Waals surface area contributed by atoms with Gasteiger partial charge >= 0.3 is 0 Å². The first-order valence-electron chi connectivity index (χ1n) is 6.61. The van der Waals surface area contributed by atoms with E-state index in [2.05, 4.69) is 19.2 Å². The van der Waals surface area contributed by atoms with Crippen LogP contribution in [0, 0.1) is 16.0 Å². The molecule has 0 fully saturated rings. The van der Waals surface area contributed by atoms with Crippen LogP contribution in [0.1, 0.15) is 33.1 Å². The standard InChI is InChI=1S/C14H22N2O3/c1-11(2)6-4-5-9-15-13-8-7-12(19-3)10-14(13)16(17)18/h7-8,10-11,15H,4-6,9H2,1-3H3. The van der Waals surface area contributed by atoms with E-state index in [9.17, 15) is 10.1 Å². The molecule has 0 aliphatic carbocycles. The number of rotatable bonds is 8. The molecule has 0 spiro atoms. The Balaban J connectivity index is 2.55. The Morgan fingerprint density at radius 2 is 2.11 bits per heavy atom. The highest BCUT2D eigenvalue weighted by atomic mass is 16.6. The van der Waals surface area contributed by atoms with Gasteiger partial charge in [0.15, 0.2) is 0 Å². The molecule has 0 unspecified atom stereocenters. The molecule has 0 radical (unpaired) electrons. The van der Waals surface area contributed by atoms with E-state index in [1.165, 1.54) is 19.6 Å². The monoisotopic (exact) mass is 266 g/mol. The average Bonchev–Trinajstić information content (AvgIpc) is 2.38. The lowest BCUT2D eigenvalue weighted by Crippen LogP contribution is -2.05. The van der Waals surface area contributed by atoms with Gasteiger partial charge in [-0.15, -0.1) is 0 Å². The number of nitro groups is 1. The van der Waals surface area contributed by atoms with E-state index in [-0.39, 0.29) is 10.6 Å². The molecular weight excluding hydrogens is 244 g/mol. The van der Waals surface area contributed by atoms with Crippen LogP contribution in [0.2, 0.25) is 0 Å². The van der Waals surface area contributed by atoms with Crippen LogP contribution in [0.3, 0.4) is 0 Å². The van der Waals surface area contributed by atoms with Crippen LogP contribution in [0.5, 0.6) is 5.75 Å². The van der Waals surface area contributed by atoms with Crippen molar-refractivity contribution in [1.82, 2.24) is 0 Å². The SMILES string of the molecule is COc1ccc(NCCCCC(C)C)c([N+](=O)[O-])c1. The molecule has 1 aromatic rings. The summed E-state index contributed by atoms with van der Waals surface area (Å²) in [5.41, 5.74) is 0.610. The molecule has 0 atom stereocenters. The van der Waals surface area contributed by atoms with Gasteiger partial charge in [-0.25, -0.2) is 0 Å². The first-order chi connectivity index (χ1) is 9.04. The van der Waals surface area contributed by atoms with Crippen molar-refractivity contribution in [3.63, 3.8) is 0 Å². The molecule has 5 nitrogen and oxygen atoms in total. The normalized spacial score (nSPS) is 10.5. The number of nitro benzene ring substituents is 1. The minimum atomic E-state index is -0.390. The summed E-state index contributed by atoms with van der Waals surface area (Å²) >= 11 is 0. The van der Waals surface area contributed by atoms with Crippen LogP contribution in [0.25, 0.3) is 0 Å². The summed E-state index contributed by atoms with van der Waals surface area (Å²) in [6.07, 6.45) is 3.34. The van der Waals surface area contributed by atoms with Crippen molar-refractivity contribution in [3.05, 3.63) is 28.3 Å². The molecule has 0 saturated carbocycles. The summed E-state index contributed by atoms with van der Waals surface area (Å²) < 4.78 is 5.00. The van der Waals surface area contributed by atoms with E-state index in [0.717, 1.165) is 19.4 Å². The van der Waals surface area contributed by atoms with Crippen molar-refractivity contribution in [2.75, 3.05) is 19.0 Å². The van der Waals surface area contributed by atoms with Gasteiger partial charge in [-0.3, -0.25) is 10.1 Å². The minimum Gasteiger partial charge on any atom is -0.496 e. The Labute approximate surface area is 114 Å². The zero-order valence-electron chi connectivity index (χ0n) is 11.8. The molecule has 0 aliphatic rings. The van der Waals surface area contributed by atoms with Gasteiger partial charge in [-0.1, -0.05) is 26.7 Å². The predicted molar refractivity (Wildman–Crippen MR) is 76.8 cm³/mol. The van der Waals surface area contributed by atoms with Crippen LogP contribution < -0.4 is 10.1 Å². The fourth-order valence-corrected chi connectivity index (χ4v) is 1.84. The Hall–Kier alpha value is -1.78. The van der Waals surface area contributed by atoms with Crippen LogP contribution in [-0.2, 0) is 0 Å². The summed E-state index contributed by atoms with van der Waals surface area (Å²) in [4.78, 5) is 10.6.